The maximum atomic E-state index is 12.0. The van der Waals surface area contributed by atoms with Crippen LogP contribution in [0.4, 0.5) is 4.79 Å². The fourth-order valence-electron chi connectivity index (χ4n) is 1.24. The average Bonchev–Trinajstić information content (AvgIpc) is 2.25. The summed E-state index contributed by atoms with van der Waals surface area (Å²) in [5.41, 5.74) is -0.537. The van der Waals surface area contributed by atoms with Gasteiger partial charge in [0.25, 0.3) is 0 Å². The molecule has 4 nitrogen and oxygen atoms in total. The van der Waals surface area contributed by atoms with Crippen molar-refractivity contribution in [1.29, 1.82) is 0 Å². The molecule has 0 aliphatic carbocycles. The molecule has 0 spiro atoms. The highest BCUT2D eigenvalue weighted by Crippen LogP contribution is 2.36. The molecule has 0 fully saturated rings. The van der Waals surface area contributed by atoms with E-state index in [1.54, 1.807) is 7.05 Å². The maximum absolute atomic E-state index is 12.0. The molecular formula is C16H31NO3Si. The van der Waals surface area contributed by atoms with Crippen LogP contribution in [0.1, 0.15) is 41.5 Å². The van der Waals surface area contributed by atoms with E-state index in [4.69, 9.17) is 15.6 Å². The zero-order valence-electron chi connectivity index (χ0n) is 15.0. The van der Waals surface area contributed by atoms with E-state index in [-0.39, 0.29) is 5.04 Å². The lowest BCUT2D eigenvalue weighted by atomic mass is 10.2. The predicted octanol–water partition coefficient (Wildman–Crippen LogP) is 3.88. The van der Waals surface area contributed by atoms with E-state index in [1.165, 1.54) is 4.90 Å². The molecule has 122 valence electrons. The van der Waals surface area contributed by atoms with Crippen LogP contribution in [0.15, 0.2) is 0 Å². The summed E-state index contributed by atoms with van der Waals surface area (Å²) in [6.45, 7) is 16.6. The van der Waals surface area contributed by atoms with E-state index in [0.29, 0.717) is 6.61 Å². The molecule has 21 heavy (non-hydrogen) atoms. The molecule has 0 saturated carbocycles. The van der Waals surface area contributed by atoms with Crippen molar-refractivity contribution in [1.82, 2.24) is 4.90 Å². The summed E-state index contributed by atoms with van der Waals surface area (Å²) >= 11 is 0. The summed E-state index contributed by atoms with van der Waals surface area (Å²) in [7, 11) is -0.239. The lowest BCUT2D eigenvalue weighted by molar-refractivity contribution is 0.0223. The molecule has 0 N–H and O–H groups in total. The third kappa shape index (κ3) is 6.53. The van der Waals surface area contributed by atoms with Crippen LogP contribution in [-0.2, 0) is 9.16 Å². The molecule has 1 atom stereocenters. The number of rotatable bonds is 4. The van der Waals surface area contributed by atoms with Gasteiger partial charge in [0.15, 0.2) is 8.32 Å². The van der Waals surface area contributed by atoms with E-state index in [9.17, 15) is 4.79 Å². The quantitative estimate of drug-likeness (QED) is 0.584. The molecule has 0 rings (SSSR count). The van der Waals surface area contributed by atoms with Gasteiger partial charge in [0, 0.05) is 7.05 Å². The lowest BCUT2D eigenvalue weighted by Crippen LogP contribution is -2.47. The van der Waals surface area contributed by atoms with Gasteiger partial charge in [-0.1, -0.05) is 26.7 Å². The number of terminal acetylenes is 1. The second kappa shape index (κ2) is 6.84. The number of hydrogen-bond acceptors (Lipinski definition) is 3. The molecule has 0 aromatic carbocycles. The van der Waals surface area contributed by atoms with E-state index < -0.39 is 26.1 Å². The van der Waals surface area contributed by atoms with Crippen molar-refractivity contribution in [3.8, 4) is 12.3 Å². The number of ether oxygens (including phenoxy) is 1. The third-order valence-corrected chi connectivity index (χ3v) is 8.25. The van der Waals surface area contributed by atoms with Gasteiger partial charge >= 0.3 is 6.09 Å². The van der Waals surface area contributed by atoms with Crippen LogP contribution >= 0.6 is 0 Å². The van der Waals surface area contributed by atoms with Crippen LogP contribution in [0, 0.1) is 12.3 Å². The summed E-state index contributed by atoms with van der Waals surface area (Å²) in [5, 5.41) is 0.108. The van der Waals surface area contributed by atoms with E-state index in [0.717, 1.165) is 0 Å². The first-order chi connectivity index (χ1) is 9.21. The first-order valence-electron chi connectivity index (χ1n) is 7.27. The van der Waals surface area contributed by atoms with Crippen LogP contribution in [0.3, 0.4) is 0 Å². The second-order valence-corrected chi connectivity index (χ2v) is 12.7. The first kappa shape index (κ1) is 20.0. The number of likely N-dealkylation sites (N-methyl/N-ethyl adjacent to an activating group) is 1. The van der Waals surface area contributed by atoms with Crippen molar-refractivity contribution < 1.29 is 14.0 Å². The van der Waals surface area contributed by atoms with Gasteiger partial charge in [-0.25, -0.2) is 4.79 Å². The molecule has 0 aromatic heterocycles. The number of carbonyl (C=O) groups is 1. The normalized spacial score (nSPS) is 14.3. The Balaban J connectivity index is 4.75. The van der Waals surface area contributed by atoms with Crippen molar-refractivity contribution in [2.75, 3.05) is 13.7 Å². The van der Waals surface area contributed by atoms with Gasteiger partial charge in [-0.2, -0.15) is 0 Å². The maximum Gasteiger partial charge on any atom is 0.411 e. The highest BCUT2D eigenvalue weighted by molar-refractivity contribution is 6.74. The Kier molecular flexibility index (Phi) is 6.52. The SMILES string of the molecule is C#C[C@@H](CO[Si](C)(C)C(C)(C)C)N(C)C(=O)OC(C)(C)C. The van der Waals surface area contributed by atoms with Crippen molar-refractivity contribution >= 4 is 14.4 Å². The minimum atomic E-state index is -1.89. The Bertz CT molecular complexity index is 399. The Hall–Kier alpha value is -0.993. The van der Waals surface area contributed by atoms with Gasteiger partial charge in [-0.15, -0.1) is 6.42 Å². The molecule has 0 aromatic rings. The van der Waals surface area contributed by atoms with Crippen molar-refractivity contribution in [3.05, 3.63) is 0 Å². The molecular weight excluding hydrogens is 282 g/mol. The fourth-order valence-corrected chi connectivity index (χ4v) is 2.24. The minimum Gasteiger partial charge on any atom is -0.444 e. The largest absolute Gasteiger partial charge is 0.444 e. The highest BCUT2D eigenvalue weighted by atomic mass is 28.4. The standard InChI is InChI=1S/C16H31NO3Si/c1-11-13(12-19-21(9,10)16(5,6)7)17(8)14(18)20-15(2,3)4/h1,13H,12H2,2-10H3/t13-/m0/s1. The molecule has 1 amide bonds. The van der Waals surface area contributed by atoms with Crippen LogP contribution in [0.2, 0.25) is 18.1 Å². The van der Waals surface area contributed by atoms with Gasteiger partial charge < -0.3 is 9.16 Å². The molecule has 0 aliphatic rings. The molecule has 0 saturated heterocycles. The average molecular weight is 314 g/mol. The van der Waals surface area contributed by atoms with Gasteiger partial charge in [-0.3, -0.25) is 4.90 Å². The van der Waals surface area contributed by atoms with Crippen LogP contribution in [0.25, 0.3) is 0 Å². The Morgan fingerprint density at radius 3 is 2.05 bits per heavy atom. The second-order valence-electron chi connectivity index (χ2n) is 7.85. The number of hydrogen-bond donors (Lipinski definition) is 0. The number of carbonyl (C=O) groups excluding carboxylic acids is 1. The minimum absolute atomic E-state index is 0.108. The summed E-state index contributed by atoms with van der Waals surface area (Å²) in [6, 6.07) is -0.422. The Morgan fingerprint density at radius 1 is 1.24 bits per heavy atom. The first-order valence-corrected chi connectivity index (χ1v) is 10.2. The van der Waals surface area contributed by atoms with Crippen molar-refractivity contribution in [2.45, 2.75) is 71.3 Å². The molecule has 0 bridgehead atoms. The van der Waals surface area contributed by atoms with Gasteiger partial charge in [0.05, 0.1) is 6.61 Å². The van der Waals surface area contributed by atoms with E-state index in [1.807, 2.05) is 20.8 Å². The van der Waals surface area contributed by atoms with E-state index in [2.05, 4.69) is 39.8 Å². The predicted molar refractivity (Wildman–Crippen MR) is 89.8 cm³/mol. The number of amides is 1. The van der Waals surface area contributed by atoms with Gasteiger partial charge in [0.2, 0.25) is 0 Å². The Morgan fingerprint density at radius 2 is 1.71 bits per heavy atom. The van der Waals surface area contributed by atoms with Crippen LogP contribution in [-0.4, -0.2) is 44.6 Å². The topological polar surface area (TPSA) is 38.8 Å². The fraction of sp³-hybridized carbons (Fsp3) is 0.812. The molecule has 0 aliphatic heterocycles. The Labute approximate surface area is 131 Å². The van der Waals surface area contributed by atoms with Crippen LogP contribution < -0.4 is 0 Å². The smallest absolute Gasteiger partial charge is 0.411 e. The summed E-state index contributed by atoms with van der Waals surface area (Å²) in [6.07, 6.45) is 5.12. The lowest BCUT2D eigenvalue weighted by Gasteiger charge is -2.37. The van der Waals surface area contributed by atoms with Crippen molar-refractivity contribution in [2.24, 2.45) is 0 Å². The van der Waals surface area contributed by atoms with E-state index >= 15 is 0 Å². The van der Waals surface area contributed by atoms with Crippen molar-refractivity contribution in [3.63, 3.8) is 0 Å². The molecule has 0 radical (unpaired) electrons. The van der Waals surface area contributed by atoms with Crippen LogP contribution in [0.5, 0.6) is 0 Å². The monoisotopic (exact) mass is 313 g/mol. The zero-order valence-corrected chi connectivity index (χ0v) is 16.0. The van der Waals surface area contributed by atoms with Gasteiger partial charge in [-0.05, 0) is 38.9 Å². The molecule has 5 heteroatoms. The third-order valence-electron chi connectivity index (χ3n) is 3.75. The summed E-state index contributed by atoms with van der Waals surface area (Å²) in [4.78, 5) is 13.5. The zero-order chi connectivity index (χ0) is 17.1. The van der Waals surface area contributed by atoms with Gasteiger partial charge in [0.1, 0.15) is 11.6 Å². The highest BCUT2D eigenvalue weighted by Gasteiger charge is 2.38. The summed E-state index contributed by atoms with van der Waals surface area (Å²) in [5.74, 6) is 2.61. The molecule has 0 unspecified atom stereocenters. The summed E-state index contributed by atoms with van der Waals surface area (Å²) < 4.78 is 11.4. The number of nitrogens with zero attached hydrogens (tertiary/aromatic N) is 1. The molecule has 0 heterocycles.